The highest BCUT2D eigenvalue weighted by atomic mass is 35.5. The fraction of sp³-hybridized carbons (Fsp3) is 0.242. The van der Waals surface area contributed by atoms with Crippen LogP contribution in [0.25, 0.3) is 54.1 Å². The Balaban J connectivity index is 1.53. The Hall–Kier alpha value is -3.98. The maximum Gasteiger partial charge on any atom is 0.163 e. The number of ether oxygens (including phenoxy) is 1. The molecule has 0 aliphatic rings. The van der Waals surface area contributed by atoms with Gasteiger partial charge in [0.25, 0.3) is 0 Å². The Bertz CT molecular complexity index is 1970. The lowest BCUT2D eigenvalue weighted by Crippen LogP contribution is -2.27. The third-order valence-electron chi connectivity index (χ3n) is 7.11. The number of thiazole rings is 1. The van der Waals surface area contributed by atoms with Crippen molar-refractivity contribution in [2.24, 2.45) is 7.05 Å². The highest BCUT2D eigenvalue weighted by Gasteiger charge is 2.30. The number of hydrogen-bond acceptors (Lipinski definition) is 7. The third-order valence-corrected chi connectivity index (χ3v) is 8.50. The molecule has 0 bridgehead atoms. The van der Waals surface area contributed by atoms with E-state index in [2.05, 4.69) is 21.4 Å². The molecule has 1 atom stereocenters. The number of ketones is 1. The number of carbonyl (C=O) groups is 1. The summed E-state index contributed by atoms with van der Waals surface area (Å²) in [5.41, 5.74) is 7.60. The first-order chi connectivity index (χ1) is 20.0. The molecule has 212 valence electrons. The molecule has 0 saturated carbocycles. The van der Waals surface area contributed by atoms with Gasteiger partial charge in [-0.15, -0.1) is 11.3 Å². The van der Waals surface area contributed by atoms with Crippen LogP contribution in [0.4, 0.5) is 0 Å². The number of benzene rings is 3. The highest BCUT2D eigenvalue weighted by Crippen LogP contribution is 2.44. The number of fused-ring (bicyclic) bond motifs is 2. The number of Topliss-reactive ketones (excluding diaryl/α,β-unsaturated/α-hetero) is 1. The molecule has 6 rings (SSSR count). The summed E-state index contributed by atoms with van der Waals surface area (Å²) in [5, 5.41) is 15.6. The van der Waals surface area contributed by atoms with E-state index < -0.39 is 11.7 Å². The zero-order valence-electron chi connectivity index (χ0n) is 24.3. The Morgan fingerprint density at radius 1 is 1.00 bits per heavy atom. The second-order valence-electron chi connectivity index (χ2n) is 11.4. The Labute approximate surface area is 253 Å². The molecule has 0 radical (unpaired) electrons. The number of aromatic nitrogens is 5. The normalized spacial score (nSPS) is 12.7. The minimum Gasteiger partial charge on any atom is -0.360 e. The van der Waals surface area contributed by atoms with Crippen molar-refractivity contribution in [3.05, 3.63) is 83.1 Å². The number of aryl methyl sites for hydroxylation is 2. The number of nitrogens with zero attached hydrogens (tertiary/aromatic N) is 5. The smallest absolute Gasteiger partial charge is 0.163 e. The molecule has 6 aromatic rings. The van der Waals surface area contributed by atoms with Gasteiger partial charge in [0.2, 0.25) is 0 Å². The van der Waals surface area contributed by atoms with Crippen LogP contribution in [0.1, 0.15) is 44.9 Å². The number of carbonyl (C=O) groups excluding carboxylic acids is 1. The van der Waals surface area contributed by atoms with E-state index in [-0.39, 0.29) is 5.78 Å². The SMILES string of the molecule is CC(=O)[C@@H](OC(C)(C)C)c1c(C)cc2nc(-c3cnnc(-c4ccc5c(cnn5C)c4)c3)sc2c1-c1ccc(Cl)cc1. The Kier molecular flexibility index (Phi) is 7.17. The molecule has 3 aromatic carbocycles. The molecular weight excluding hydrogens is 566 g/mol. The molecule has 0 spiro atoms. The molecule has 0 amide bonds. The Morgan fingerprint density at radius 3 is 2.45 bits per heavy atom. The van der Waals surface area contributed by atoms with Gasteiger partial charge in [-0.1, -0.05) is 29.8 Å². The van der Waals surface area contributed by atoms with Gasteiger partial charge >= 0.3 is 0 Å². The summed E-state index contributed by atoms with van der Waals surface area (Å²) in [5.74, 6) is -0.0547. The van der Waals surface area contributed by atoms with Crippen LogP contribution < -0.4 is 0 Å². The van der Waals surface area contributed by atoms with Crippen molar-refractivity contribution in [3.8, 4) is 33.0 Å². The molecule has 0 unspecified atom stereocenters. The van der Waals surface area contributed by atoms with Gasteiger partial charge in [0.15, 0.2) is 5.78 Å². The molecule has 0 fully saturated rings. The van der Waals surface area contributed by atoms with Crippen molar-refractivity contribution in [1.29, 1.82) is 0 Å². The first-order valence-corrected chi connectivity index (χ1v) is 14.8. The maximum atomic E-state index is 13.1. The second-order valence-corrected chi connectivity index (χ2v) is 12.9. The largest absolute Gasteiger partial charge is 0.360 e. The monoisotopic (exact) mass is 595 g/mol. The molecule has 7 nitrogen and oxygen atoms in total. The average Bonchev–Trinajstić information content (AvgIpc) is 3.54. The zero-order chi connectivity index (χ0) is 29.8. The van der Waals surface area contributed by atoms with Crippen molar-refractivity contribution in [3.63, 3.8) is 0 Å². The summed E-state index contributed by atoms with van der Waals surface area (Å²) in [6.07, 6.45) is 2.85. The Morgan fingerprint density at radius 2 is 1.74 bits per heavy atom. The minimum atomic E-state index is -0.734. The van der Waals surface area contributed by atoms with Crippen LogP contribution in [0, 0.1) is 6.92 Å². The predicted octanol–water partition coefficient (Wildman–Crippen LogP) is 8.38. The van der Waals surface area contributed by atoms with Crippen LogP contribution in [-0.2, 0) is 16.6 Å². The van der Waals surface area contributed by atoms with Gasteiger partial charge in [0.1, 0.15) is 11.1 Å². The van der Waals surface area contributed by atoms with Crippen molar-refractivity contribution in [2.75, 3.05) is 0 Å². The standard InChI is InChI=1S/C33H30ClN5O2S/c1-18-13-26-31(29(20-7-10-24(34)11-8-20)28(18)30(19(2)40)41-33(3,4)5)42-32(37-26)23-15-25(38-35-16-23)21-9-12-27-22(14-21)17-36-39(27)6/h7-17,30H,1-6H3/t30-/m1/s1. The molecule has 3 aromatic heterocycles. The van der Waals surface area contributed by atoms with E-state index in [1.54, 1.807) is 24.5 Å². The summed E-state index contributed by atoms with van der Waals surface area (Å²) in [7, 11) is 1.93. The van der Waals surface area contributed by atoms with Crippen molar-refractivity contribution >= 4 is 49.8 Å². The molecule has 0 saturated heterocycles. The maximum absolute atomic E-state index is 13.1. The van der Waals surface area contributed by atoms with Gasteiger partial charge in [0.05, 0.1) is 39.4 Å². The van der Waals surface area contributed by atoms with E-state index in [9.17, 15) is 4.79 Å². The van der Waals surface area contributed by atoms with Crippen LogP contribution in [0.15, 0.2) is 67.0 Å². The zero-order valence-corrected chi connectivity index (χ0v) is 25.8. The lowest BCUT2D eigenvalue weighted by molar-refractivity contribution is -0.138. The van der Waals surface area contributed by atoms with Gasteiger partial charge in [-0.3, -0.25) is 9.48 Å². The quantitative estimate of drug-likeness (QED) is 0.192. The van der Waals surface area contributed by atoms with Crippen LogP contribution in [-0.4, -0.2) is 36.3 Å². The van der Waals surface area contributed by atoms with Gasteiger partial charge < -0.3 is 4.74 Å². The average molecular weight is 596 g/mol. The fourth-order valence-corrected chi connectivity index (χ4v) is 6.45. The van der Waals surface area contributed by atoms with Gasteiger partial charge in [0, 0.05) is 39.7 Å². The second kappa shape index (κ2) is 10.7. The van der Waals surface area contributed by atoms with E-state index in [0.29, 0.717) is 5.02 Å². The predicted molar refractivity (Wildman–Crippen MR) is 170 cm³/mol. The van der Waals surface area contributed by atoms with Crippen LogP contribution >= 0.6 is 22.9 Å². The highest BCUT2D eigenvalue weighted by molar-refractivity contribution is 7.22. The summed E-state index contributed by atoms with van der Waals surface area (Å²) in [6.45, 7) is 9.48. The van der Waals surface area contributed by atoms with Gasteiger partial charge in [-0.05, 0) is 82.1 Å². The number of hydrogen-bond donors (Lipinski definition) is 0. The molecule has 0 aliphatic carbocycles. The first kappa shape index (κ1) is 28.2. The van der Waals surface area contributed by atoms with Crippen LogP contribution in [0.3, 0.4) is 0 Å². The van der Waals surface area contributed by atoms with Crippen molar-refractivity contribution < 1.29 is 9.53 Å². The van der Waals surface area contributed by atoms with Crippen molar-refractivity contribution in [2.45, 2.75) is 46.3 Å². The molecule has 0 N–H and O–H groups in total. The van der Waals surface area contributed by atoms with E-state index in [1.165, 1.54) is 0 Å². The van der Waals surface area contributed by atoms with E-state index >= 15 is 0 Å². The summed E-state index contributed by atoms with van der Waals surface area (Å²) >= 11 is 7.83. The van der Waals surface area contributed by atoms with E-state index in [4.69, 9.17) is 21.3 Å². The fourth-order valence-electron chi connectivity index (χ4n) is 5.22. The van der Waals surface area contributed by atoms with Crippen molar-refractivity contribution in [1.82, 2.24) is 25.0 Å². The van der Waals surface area contributed by atoms with Crippen LogP contribution in [0.5, 0.6) is 0 Å². The summed E-state index contributed by atoms with van der Waals surface area (Å²) in [6, 6.07) is 17.9. The molecule has 0 aliphatic heterocycles. The molecule has 3 heterocycles. The summed E-state index contributed by atoms with van der Waals surface area (Å²) in [4.78, 5) is 18.1. The molecule has 42 heavy (non-hydrogen) atoms. The third kappa shape index (κ3) is 5.33. The van der Waals surface area contributed by atoms with Gasteiger partial charge in [-0.25, -0.2) is 4.98 Å². The lowest BCUT2D eigenvalue weighted by Gasteiger charge is -2.29. The number of halogens is 1. The first-order valence-electron chi connectivity index (χ1n) is 13.6. The molecular formula is C33H30ClN5O2S. The summed E-state index contributed by atoms with van der Waals surface area (Å²) < 4.78 is 9.19. The number of rotatable bonds is 6. The topological polar surface area (TPSA) is 82.8 Å². The minimum absolute atomic E-state index is 0.0547. The van der Waals surface area contributed by atoms with Crippen LogP contribution in [0.2, 0.25) is 5.02 Å². The van der Waals surface area contributed by atoms with E-state index in [1.807, 2.05) is 94.2 Å². The van der Waals surface area contributed by atoms with E-state index in [0.717, 1.165) is 65.2 Å². The van der Waals surface area contributed by atoms with Gasteiger partial charge in [-0.2, -0.15) is 15.3 Å². The molecule has 9 heteroatoms. The lowest BCUT2D eigenvalue weighted by atomic mass is 9.90.